The summed E-state index contributed by atoms with van der Waals surface area (Å²) in [5.41, 5.74) is 3.79. The first-order valence-electron chi connectivity index (χ1n) is 6.90. The van der Waals surface area contributed by atoms with Gasteiger partial charge >= 0.3 is 0 Å². The largest absolute Gasteiger partial charge is 0.305 e. The van der Waals surface area contributed by atoms with Gasteiger partial charge in [-0.15, -0.1) is 0 Å². The van der Waals surface area contributed by atoms with Crippen molar-refractivity contribution >= 4 is 0 Å². The summed E-state index contributed by atoms with van der Waals surface area (Å²) in [4.78, 5) is 4.37. The lowest BCUT2D eigenvalue weighted by Gasteiger charge is -2.13. The SMILES string of the molecule is CC(C)c1ccc(CN[C@H](C)c2ccccn2)cc1. The summed E-state index contributed by atoms with van der Waals surface area (Å²) in [6.45, 7) is 7.45. The molecule has 0 saturated heterocycles. The van der Waals surface area contributed by atoms with Crippen LogP contribution in [-0.4, -0.2) is 4.98 Å². The fourth-order valence-electron chi connectivity index (χ4n) is 2.03. The molecule has 2 nitrogen and oxygen atoms in total. The van der Waals surface area contributed by atoms with Gasteiger partial charge in [0.2, 0.25) is 0 Å². The Morgan fingerprint density at radius 1 is 1.00 bits per heavy atom. The summed E-state index contributed by atoms with van der Waals surface area (Å²) >= 11 is 0. The van der Waals surface area contributed by atoms with Crippen molar-refractivity contribution in [3.8, 4) is 0 Å². The Balaban J connectivity index is 1.92. The molecule has 0 spiro atoms. The summed E-state index contributed by atoms with van der Waals surface area (Å²) in [5, 5.41) is 3.50. The van der Waals surface area contributed by atoms with Crippen LogP contribution in [-0.2, 0) is 6.54 Å². The van der Waals surface area contributed by atoms with Crippen LogP contribution in [0, 0.1) is 0 Å². The molecule has 100 valence electrons. The fraction of sp³-hybridized carbons (Fsp3) is 0.353. The first-order valence-corrected chi connectivity index (χ1v) is 6.90. The third-order valence-corrected chi connectivity index (χ3v) is 3.39. The highest BCUT2D eigenvalue weighted by molar-refractivity contribution is 5.24. The smallest absolute Gasteiger partial charge is 0.0570 e. The van der Waals surface area contributed by atoms with Crippen molar-refractivity contribution in [1.29, 1.82) is 0 Å². The number of aromatic nitrogens is 1. The predicted molar refractivity (Wildman–Crippen MR) is 80.0 cm³/mol. The molecular weight excluding hydrogens is 232 g/mol. The highest BCUT2D eigenvalue weighted by atomic mass is 14.9. The van der Waals surface area contributed by atoms with Gasteiger partial charge in [-0.3, -0.25) is 4.98 Å². The number of hydrogen-bond acceptors (Lipinski definition) is 2. The number of nitrogens with zero attached hydrogens (tertiary/aromatic N) is 1. The number of rotatable bonds is 5. The summed E-state index contributed by atoms with van der Waals surface area (Å²) < 4.78 is 0. The fourth-order valence-corrected chi connectivity index (χ4v) is 2.03. The van der Waals surface area contributed by atoms with Gasteiger partial charge in [0.15, 0.2) is 0 Å². The third-order valence-electron chi connectivity index (χ3n) is 3.39. The molecule has 0 amide bonds. The normalized spacial score (nSPS) is 12.6. The maximum atomic E-state index is 4.37. The second-order valence-corrected chi connectivity index (χ2v) is 5.25. The second kappa shape index (κ2) is 6.48. The van der Waals surface area contributed by atoms with Crippen LogP contribution in [0.3, 0.4) is 0 Å². The van der Waals surface area contributed by atoms with Gasteiger partial charge in [0.25, 0.3) is 0 Å². The van der Waals surface area contributed by atoms with E-state index in [1.807, 2.05) is 18.3 Å². The first-order chi connectivity index (χ1) is 9.16. The quantitative estimate of drug-likeness (QED) is 0.870. The Morgan fingerprint density at radius 2 is 1.74 bits per heavy atom. The topological polar surface area (TPSA) is 24.9 Å². The number of benzene rings is 1. The Hall–Kier alpha value is -1.67. The molecule has 0 aliphatic carbocycles. The lowest BCUT2D eigenvalue weighted by atomic mass is 10.0. The van der Waals surface area contributed by atoms with Crippen molar-refractivity contribution in [1.82, 2.24) is 10.3 Å². The standard InChI is InChI=1S/C17H22N2/c1-13(2)16-9-7-15(8-10-16)12-19-14(3)17-6-4-5-11-18-17/h4-11,13-14,19H,12H2,1-3H3/t14-/m1/s1. The molecule has 0 saturated carbocycles. The monoisotopic (exact) mass is 254 g/mol. The molecule has 19 heavy (non-hydrogen) atoms. The van der Waals surface area contributed by atoms with Crippen molar-refractivity contribution in [2.45, 2.75) is 39.3 Å². The van der Waals surface area contributed by atoms with Crippen LogP contribution >= 0.6 is 0 Å². The minimum absolute atomic E-state index is 0.269. The van der Waals surface area contributed by atoms with Gasteiger partial charge < -0.3 is 5.32 Å². The van der Waals surface area contributed by atoms with Crippen molar-refractivity contribution < 1.29 is 0 Å². The molecule has 1 aromatic carbocycles. The summed E-state index contributed by atoms with van der Waals surface area (Å²) in [5.74, 6) is 0.592. The van der Waals surface area contributed by atoms with Crippen molar-refractivity contribution in [2.24, 2.45) is 0 Å². The molecule has 2 heteroatoms. The van der Waals surface area contributed by atoms with E-state index in [1.54, 1.807) is 0 Å². The molecule has 0 aliphatic heterocycles. The van der Waals surface area contributed by atoms with E-state index in [-0.39, 0.29) is 6.04 Å². The van der Waals surface area contributed by atoms with Crippen molar-refractivity contribution in [2.75, 3.05) is 0 Å². The van der Waals surface area contributed by atoms with Gasteiger partial charge in [0, 0.05) is 18.8 Å². The minimum atomic E-state index is 0.269. The van der Waals surface area contributed by atoms with Crippen molar-refractivity contribution in [3.05, 3.63) is 65.5 Å². The van der Waals surface area contributed by atoms with Gasteiger partial charge in [-0.25, -0.2) is 0 Å². The number of hydrogen-bond donors (Lipinski definition) is 1. The van der Waals surface area contributed by atoms with E-state index in [0.29, 0.717) is 5.92 Å². The molecule has 0 bridgehead atoms. The van der Waals surface area contributed by atoms with Crippen LogP contribution in [0.2, 0.25) is 0 Å². The van der Waals surface area contributed by atoms with Gasteiger partial charge in [-0.1, -0.05) is 44.2 Å². The molecular formula is C17H22N2. The van der Waals surface area contributed by atoms with E-state index in [0.717, 1.165) is 12.2 Å². The Kier molecular flexibility index (Phi) is 4.69. The van der Waals surface area contributed by atoms with Crippen LogP contribution in [0.25, 0.3) is 0 Å². The minimum Gasteiger partial charge on any atom is -0.305 e. The molecule has 1 N–H and O–H groups in total. The molecule has 1 aromatic heterocycles. The van der Waals surface area contributed by atoms with Crippen LogP contribution in [0.4, 0.5) is 0 Å². The molecule has 1 heterocycles. The summed E-state index contributed by atoms with van der Waals surface area (Å²) in [6, 6.07) is 15.1. The molecule has 2 rings (SSSR count). The molecule has 0 unspecified atom stereocenters. The van der Waals surface area contributed by atoms with Gasteiger partial charge in [-0.2, -0.15) is 0 Å². The highest BCUT2D eigenvalue weighted by Crippen LogP contribution is 2.15. The van der Waals surface area contributed by atoms with Crippen LogP contribution in [0.15, 0.2) is 48.7 Å². The van der Waals surface area contributed by atoms with Crippen LogP contribution in [0.1, 0.15) is 49.6 Å². The average molecular weight is 254 g/mol. The zero-order valence-electron chi connectivity index (χ0n) is 11.9. The van der Waals surface area contributed by atoms with Gasteiger partial charge in [0.05, 0.1) is 5.69 Å². The zero-order valence-corrected chi connectivity index (χ0v) is 11.9. The Morgan fingerprint density at radius 3 is 2.32 bits per heavy atom. The molecule has 0 fully saturated rings. The average Bonchev–Trinajstić information content (AvgIpc) is 2.46. The van der Waals surface area contributed by atoms with E-state index in [1.165, 1.54) is 11.1 Å². The second-order valence-electron chi connectivity index (χ2n) is 5.25. The molecule has 1 atom stereocenters. The van der Waals surface area contributed by atoms with Crippen LogP contribution < -0.4 is 5.32 Å². The van der Waals surface area contributed by atoms with Gasteiger partial charge in [0.1, 0.15) is 0 Å². The predicted octanol–water partition coefficient (Wildman–Crippen LogP) is 4.06. The van der Waals surface area contributed by atoms with Crippen LogP contribution in [0.5, 0.6) is 0 Å². The Bertz CT molecular complexity index is 488. The lowest BCUT2D eigenvalue weighted by molar-refractivity contribution is 0.561. The maximum Gasteiger partial charge on any atom is 0.0570 e. The number of nitrogens with one attached hydrogen (secondary N) is 1. The Labute approximate surface area is 115 Å². The number of pyridine rings is 1. The third kappa shape index (κ3) is 3.90. The molecule has 0 radical (unpaired) electrons. The summed E-state index contributed by atoms with van der Waals surface area (Å²) in [7, 11) is 0. The first kappa shape index (κ1) is 13.8. The van der Waals surface area contributed by atoms with Gasteiger partial charge in [-0.05, 0) is 36.1 Å². The summed E-state index contributed by atoms with van der Waals surface area (Å²) in [6.07, 6.45) is 1.84. The highest BCUT2D eigenvalue weighted by Gasteiger charge is 2.05. The van der Waals surface area contributed by atoms with E-state index in [4.69, 9.17) is 0 Å². The molecule has 2 aromatic rings. The van der Waals surface area contributed by atoms with Crippen molar-refractivity contribution in [3.63, 3.8) is 0 Å². The van der Waals surface area contributed by atoms with E-state index in [2.05, 4.69) is 61.4 Å². The van der Waals surface area contributed by atoms with E-state index >= 15 is 0 Å². The maximum absolute atomic E-state index is 4.37. The van der Waals surface area contributed by atoms with E-state index < -0.39 is 0 Å². The molecule has 0 aliphatic rings. The zero-order chi connectivity index (χ0) is 13.7. The lowest BCUT2D eigenvalue weighted by Crippen LogP contribution is -2.18. The van der Waals surface area contributed by atoms with E-state index in [9.17, 15) is 0 Å².